The van der Waals surface area contributed by atoms with Crippen LogP contribution in [0.2, 0.25) is 0 Å². The number of hydrogen-bond acceptors (Lipinski definition) is 4. The second-order valence-electron chi connectivity index (χ2n) is 5.58. The Hall–Kier alpha value is -2.21. The highest BCUT2D eigenvalue weighted by atomic mass is 16.2. The van der Waals surface area contributed by atoms with Gasteiger partial charge in [-0.3, -0.25) is 19.4 Å². The Morgan fingerprint density at radius 1 is 1.18 bits per heavy atom. The Bertz CT molecular complexity index is 590. The molecule has 1 atom stereocenters. The van der Waals surface area contributed by atoms with E-state index in [2.05, 4.69) is 15.0 Å². The SMILES string of the molecule is C[C@H](C(=O)N1CCN(Cc2ccccn2)CC1)n1cccn1. The smallest absolute Gasteiger partial charge is 0.247 e. The lowest BCUT2D eigenvalue weighted by atomic mass is 10.2. The zero-order chi connectivity index (χ0) is 15.4. The minimum atomic E-state index is -0.239. The van der Waals surface area contributed by atoms with Crippen molar-refractivity contribution in [1.29, 1.82) is 0 Å². The number of rotatable bonds is 4. The van der Waals surface area contributed by atoms with Gasteiger partial charge in [-0.1, -0.05) is 6.07 Å². The highest BCUT2D eigenvalue weighted by molar-refractivity contribution is 5.80. The summed E-state index contributed by atoms with van der Waals surface area (Å²) in [5.41, 5.74) is 1.08. The quantitative estimate of drug-likeness (QED) is 0.851. The standard InChI is InChI=1S/C16H21N5O/c1-14(21-8-4-7-18-21)16(22)20-11-9-19(10-12-20)13-15-5-2-3-6-17-15/h2-8,14H,9-13H2,1H3/t14-/m1/s1. The maximum absolute atomic E-state index is 12.5. The van der Waals surface area contributed by atoms with Crippen molar-refractivity contribution >= 4 is 5.91 Å². The number of amides is 1. The number of pyridine rings is 1. The molecule has 6 heteroatoms. The topological polar surface area (TPSA) is 54.3 Å². The molecule has 0 spiro atoms. The lowest BCUT2D eigenvalue weighted by molar-refractivity contribution is -0.136. The first-order valence-electron chi connectivity index (χ1n) is 7.64. The molecule has 0 radical (unpaired) electrons. The Kier molecular flexibility index (Phi) is 4.48. The van der Waals surface area contributed by atoms with Crippen molar-refractivity contribution in [2.75, 3.05) is 26.2 Å². The summed E-state index contributed by atoms with van der Waals surface area (Å²) < 4.78 is 1.71. The molecule has 116 valence electrons. The van der Waals surface area contributed by atoms with Gasteiger partial charge in [0.05, 0.1) is 5.69 Å². The zero-order valence-corrected chi connectivity index (χ0v) is 12.8. The van der Waals surface area contributed by atoms with Crippen LogP contribution < -0.4 is 0 Å². The number of piperazine rings is 1. The second-order valence-corrected chi connectivity index (χ2v) is 5.58. The molecule has 1 saturated heterocycles. The monoisotopic (exact) mass is 299 g/mol. The molecule has 3 rings (SSSR count). The third-order valence-corrected chi connectivity index (χ3v) is 4.07. The van der Waals surface area contributed by atoms with Gasteiger partial charge in [0, 0.05) is 51.3 Å². The fourth-order valence-electron chi connectivity index (χ4n) is 2.73. The average Bonchev–Trinajstić information content (AvgIpc) is 3.10. The van der Waals surface area contributed by atoms with E-state index in [-0.39, 0.29) is 11.9 Å². The predicted molar refractivity (Wildman–Crippen MR) is 83.0 cm³/mol. The second kappa shape index (κ2) is 6.70. The summed E-state index contributed by atoms with van der Waals surface area (Å²) >= 11 is 0. The van der Waals surface area contributed by atoms with E-state index in [0.717, 1.165) is 38.4 Å². The Balaban J connectivity index is 1.52. The molecule has 3 heterocycles. The van der Waals surface area contributed by atoms with E-state index in [0.29, 0.717) is 0 Å². The van der Waals surface area contributed by atoms with Gasteiger partial charge >= 0.3 is 0 Å². The van der Waals surface area contributed by atoms with Crippen molar-refractivity contribution < 1.29 is 4.79 Å². The molecular weight excluding hydrogens is 278 g/mol. The number of carbonyl (C=O) groups excluding carboxylic acids is 1. The van der Waals surface area contributed by atoms with Crippen molar-refractivity contribution in [3.8, 4) is 0 Å². The van der Waals surface area contributed by atoms with Crippen molar-refractivity contribution in [3.63, 3.8) is 0 Å². The first-order valence-corrected chi connectivity index (χ1v) is 7.64. The maximum atomic E-state index is 12.5. The van der Waals surface area contributed by atoms with E-state index in [1.54, 1.807) is 10.9 Å². The van der Waals surface area contributed by atoms with Crippen LogP contribution in [0.3, 0.4) is 0 Å². The fourth-order valence-corrected chi connectivity index (χ4v) is 2.73. The summed E-state index contributed by atoms with van der Waals surface area (Å²) in [6.45, 7) is 6.03. The van der Waals surface area contributed by atoms with Crippen molar-refractivity contribution in [3.05, 3.63) is 48.5 Å². The van der Waals surface area contributed by atoms with Gasteiger partial charge in [0.15, 0.2) is 0 Å². The van der Waals surface area contributed by atoms with Gasteiger partial charge < -0.3 is 4.90 Å². The van der Waals surface area contributed by atoms with Crippen LogP contribution in [-0.2, 0) is 11.3 Å². The largest absolute Gasteiger partial charge is 0.338 e. The summed E-state index contributed by atoms with van der Waals surface area (Å²) in [5.74, 6) is 0.140. The highest BCUT2D eigenvalue weighted by Crippen LogP contribution is 2.12. The minimum Gasteiger partial charge on any atom is -0.338 e. The minimum absolute atomic E-state index is 0.140. The Morgan fingerprint density at radius 2 is 2.00 bits per heavy atom. The lowest BCUT2D eigenvalue weighted by Gasteiger charge is -2.35. The van der Waals surface area contributed by atoms with Crippen LogP contribution in [0.4, 0.5) is 0 Å². The van der Waals surface area contributed by atoms with Crippen LogP contribution >= 0.6 is 0 Å². The summed E-state index contributed by atoms with van der Waals surface area (Å²) in [4.78, 5) is 21.1. The third kappa shape index (κ3) is 3.33. The van der Waals surface area contributed by atoms with Crippen LogP contribution in [0.5, 0.6) is 0 Å². The molecular formula is C16H21N5O. The molecule has 0 saturated carbocycles. The molecule has 0 aliphatic carbocycles. The Morgan fingerprint density at radius 3 is 2.64 bits per heavy atom. The molecule has 0 aromatic carbocycles. The zero-order valence-electron chi connectivity index (χ0n) is 12.8. The first-order chi connectivity index (χ1) is 10.7. The number of carbonyl (C=O) groups is 1. The van der Waals surface area contributed by atoms with E-state index in [1.807, 2.05) is 48.5 Å². The molecule has 1 aliphatic rings. The average molecular weight is 299 g/mol. The van der Waals surface area contributed by atoms with Crippen LogP contribution in [0, 0.1) is 0 Å². The van der Waals surface area contributed by atoms with Crippen molar-refractivity contribution in [2.45, 2.75) is 19.5 Å². The lowest BCUT2D eigenvalue weighted by Crippen LogP contribution is -2.50. The van der Waals surface area contributed by atoms with E-state index in [4.69, 9.17) is 0 Å². The molecule has 2 aromatic heterocycles. The molecule has 0 unspecified atom stereocenters. The molecule has 0 bridgehead atoms. The van der Waals surface area contributed by atoms with E-state index in [9.17, 15) is 4.79 Å². The molecule has 22 heavy (non-hydrogen) atoms. The van der Waals surface area contributed by atoms with Gasteiger partial charge in [0.25, 0.3) is 0 Å². The van der Waals surface area contributed by atoms with E-state index in [1.165, 1.54) is 0 Å². The highest BCUT2D eigenvalue weighted by Gasteiger charge is 2.26. The summed E-state index contributed by atoms with van der Waals surface area (Å²) in [6.07, 6.45) is 5.36. The maximum Gasteiger partial charge on any atom is 0.247 e. The van der Waals surface area contributed by atoms with Crippen LogP contribution in [0.1, 0.15) is 18.7 Å². The van der Waals surface area contributed by atoms with Gasteiger partial charge in [-0.15, -0.1) is 0 Å². The fraction of sp³-hybridized carbons (Fsp3) is 0.438. The predicted octanol–water partition coefficient (Wildman–Crippen LogP) is 1.18. The summed E-state index contributed by atoms with van der Waals surface area (Å²) in [6, 6.07) is 7.58. The normalized spacial score (nSPS) is 17.4. The van der Waals surface area contributed by atoms with Crippen molar-refractivity contribution in [2.24, 2.45) is 0 Å². The summed E-state index contributed by atoms with van der Waals surface area (Å²) in [5, 5.41) is 4.15. The van der Waals surface area contributed by atoms with Crippen LogP contribution in [0.25, 0.3) is 0 Å². The third-order valence-electron chi connectivity index (χ3n) is 4.07. The number of nitrogens with zero attached hydrogens (tertiary/aromatic N) is 5. The molecule has 1 fully saturated rings. The number of aromatic nitrogens is 3. The first kappa shape index (κ1) is 14.7. The van der Waals surface area contributed by atoms with Crippen molar-refractivity contribution in [1.82, 2.24) is 24.6 Å². The van der Waals surface area contributed by atoms with Gasteiger partial charge in [-0.25, -0.2) is 0 Å². The Labute approximate surface area is 130 Å². The molecule has 0 N–H and O–H groups in total. The van der Waals surface area contributed by atoms with E-state index < -0.39 is 0 Å². The molecule has 1 aliphatic heterocycles. The van der Waals surface area contributed by atoms with Crippen LogP contribution in [-0.4, -0.2) is 56.7 Å². The van der Waals surface area contributed by atoms with Gasteiger partial charge in [0.2, 0.25) is 5.91 Å². The van der Waals surface area contributed by atoms with Crippen LogP contribution in [0.15, 0.2) is 42.9 Å². The summed E-state index contributed by atoms with van der Waals surface area (Å²) in [7, 11) is 0. The molecule has 1 amide bonds. The molecule has 6 nitrogen and oxygen atoms in total. The van der Waals surface area contributed by atoms with Gasteiger partial charge in [-0.2, -0.15) is 5.10 Å². The van der Waals surface area contributed by atoms with Gasteiger partial charge in [-0.05, 0) is 25.1 Å². The van der Waals surface area contributed by atoms with Gasteiger partial charge in [0.1, 0.15) is 6.04 Å². The molecule has 2 aromatic rings. The van der Waals surface area contributed by atoms with E-state index >= 15 is 0 Å². The number of hydrogen-bond donors (Lipinski definition) is 0.